The van der Waals surface area contributed by atoms with Gasteiger partial charge in [0.15, 0.2) is 6.29 Å². The lowest BCUT2D eigenvalue weighted by Gasteiger charge is -2.15. The summed E-state index contributed by atoms with van der Waals surface area (Å²) in [4.78, 5) is 11.9. The third-order valence-electron chi connectivity index (χ3n) is 2.69. The third-order valence-corrected chi connectivity index (χ3v) is 3.06. The zero-order valence-electron chi connectivity index (χ0n) is 11.5. The summed E-state index contributed by atoms with van der Waals surface area (Å²) in [5, 5.41) is 7.20. The molecular formula is C12H20ClN3O3. The van der Waals surface area contributed by atoms with Crippen molar-refractivity contribution in [3.8, 4) is 0 Å². The highest BCUT2D eigenvalue weighted by molar-refractivity contribution is 6.32. The van der Waals surface area contributed by atoms with Gasteiger partial charge in [-0.1, -0.05) is 24.9 Å². The number of nitrogens with one attached hydrogen (secondary N) is 1. The molecule has 19 heavy (non-hydrogen) atoms. The Morgan fingerprint density at radius 3 is 2.74 bits per heavy atom. The summed E-state index contributed by atoms with van der Waals surface area (Å²) < 4.78 is 11.4. The van der Waals surface area contributed by atoms with Crippen molar-refractivity contribution in [3.05, 3.63) is 21.6 Å². The van der Waals surface area contributed by atoms with Gasteiger partial charge in [-0.05, 0) is 6.42 Å². The zero-order valence-corrected chi connectivity index (χ0v) is 12.2. The van der Waals surface area contributed by atoms with Crippen LogP contribution in [-0.4, -0.2) is 36.8 Å². The number of unbranched alkanes of at least 4 members (excludes halogenated alkanes) is 1. The standard InChI is InChI=1S/C12H20ClN3O3/c1-4-5-6-16-12(17)11(13)9(7-15-16)14-8-10(18-2)19-3/h7,10,14H,4-6,8H2,1-3H3. The molecule has 0 aliphatic heterocycles. The van der Waals surface area contributed by atoms with Gasteiger partial charge in [-0.3, -0.25) is 4.79 Å². The zero-order chi connectivity index (χ0) is 14.3. The molecule has 0 spiro atoms. The highest BCUT2D eigenvalue weighted by atomic mass is 35.5. The van der Waals surface area contributed by atoms with E-state index in [9.17, 15) is 4.79 Å². The normalized spacial score (nSPS) is 11.0. The molecular weight excluding hydrogens is 270 g/mol. The van der Waals surface area contributed by atoms with Crippen LogP contribution in [0.3, 0.4) is 0 Å². The molecule has 7 heteroatoms. The highest BCUT2D eigenvalue weighted by Crippen LogP contribution is 2.15. The van der Waals surface area contributed by atoms with Crippen molar-refractivity contribution in [3.63, 3.8) is 0 Å². The van der Waals surface area contributed by atoms with E-state index in [0.29, 0.717) is 18.8 Å². The predicted molar refractivity (Wildman–Crippen MR) is 74.7 cm³/mol. The van der Waals surface area contributed by atoms with Gasteiger partial charge in [0.25, 0.3) is 5.56 Å². The lowest BCUT2D eigenvalue weighted by molar-refractivity contribution is -0.0914. The van der Waals surface area contributed by atoms with E-state index in [-0.39, 0.29) is 10.6 Å². The summed E-state index contributed by atoms with van der Waals surface area (Å²) in [5.41, 5.74) is 0.199. The van der Waals surface area contributed by atoms with Crippen LogP contribution in [-0.2, 0) is 16.0 Å². The van der Waals surface area contributed by atoms with Crippen molar-refractivity contribution >= 4 is 17.3 Å². The van der Waals surface area contributed by atoms with Gasteiger partial charge in [0.05, 0.1) is 18.4 Å². The van der Waals surface area contributed by atoms with Gasteiger partial charge < -0.3 is 14.8 Å². The molecule has 108 valence electrons. The number of methoxy groups -OCH3 is 2. The summed E-state index contributed by atoms with van der Waals surface area (Å²) in [6.07, 6.45) is 3.03. The molecule has 0 unspecified atom stereocenters. The predicted octanol–water partition coefficient (Wildman–Crippen LogP) is 1.73. The number of halogens is 1. The van der Waals surface area contributed by atoms with E-state index in [0.717, 1.165) is 12.8 Å². The minimum absolute atomic E-state index is 0.136. The van der Waals surface area contributed by atoms with Crippen molar-refractivity contribution in [1.29, 1.82) is 0 Å². The first-order chi connectivity index (χ1) is 9.13. The molecule has 0 saturated carbocycles. The van der Waals surface area contributed by atoms with E-state index in [2.05, 4.69) is 17.3 Å². The number of hydrogen-bond acceptors (Lipinski definition) is 5. The molecule has 0 aliphatic carbocycles. The first-order valence-corrected chi connectivity index (χ1v) is 6.56. The van der Waals surface area contributed by atoms with Crippen LogP contribution in [0.2, 0.25) is 5.02 Å². The van der Waals surface area contributed by atoms with Crippen LogP contribution < -0.4 is 10.9 Å². The Balaban J connectivity index is 2.76. The summed E-state index contributed by atoms with van der Waals surface area (Å²) >= 11 is 6.03. The van der Waals surface area contributed by atoms with E-state index in [4.69, 9.17) is 21.1 Å². The largest absolute Gasteiger partial charge is 0.377 e. The number of hydrogen-bond donors (Lipinski definition) is 1. The number of aromatic nitrogens is 2. The molecule has 0 amide bonds. The molecule has 1 aromatic heterocycles. The summed E-state index contributed by atoms with van der Waals surface area (Å²) in [6, 6.07) is 0. The van der Waals surface area contributed by atoms with Crippen molar-refractivity contribution < 1.29 is 9.47 Å². The van der Waals surface area contributed by atoms with Crippen LogP contribution in [0.25, 0.3) is 0 Å². The third kappa shape index (κ3) is 4.49. The first-order valence-electron chi connectivity index (χ1n) is 6.19. The smallest absolute Gasteiger partial charge is 0.287 e. The fourth-order valence-electron chi connectivity index (χ4n) is 1.51. The van der Waals surface area contributed by atoms with Crippen LogP contribution in [0.4, 0.5) is 5.69 Å². The molecule has 0 aromatic carbocycles. The van der Waals surface area contributed by atoms with Crippen LogP contribution in [0.5, 0.6) is 0 Å². The highest BCUT2D eigenvalue weighted by Gasteiger charge is 2.11. The Labute approximate surface area is 117 Å². The summed E-state index contributed by atoms with van der Waals surface area (Å²) in [7, 11) is 3.08. The second-order valence-corrected chi connectivity index (χ2v) is 4.41. The van der Waals surface area contributed by atoms with E-state index in [1.807, 2.05) is 0 Å². The van der Waals surface area contributed by atoms with Gasteiger partial charge >= 0.3 is 0 Å². The fourth-order valence-corrected chi connectivity index (χ4v) is 1.72. The maximum atomic E-state index is 11.9. The Morgan fingerprint density at radius 2 is 2.16 bits per heavy atom. The number of aryl methyl sites for hydroxylation is 1. The van der Waals surface area contributed by atoms with E-state index < -0.39 is 6.29 Å². The van der Waals surface area contributed by atoms with E-state index in [1.165, 1.54) is 4.68 Å². The summed E-state index contributed by atoms with van der Waals surface area (Å²) in [5.74, 6) is 0. The molecule has 1 heterocycles. The lowest BCUT2D eigenvalue weighted by atomic mass is 10.3. The monoisotopic (exact) mass is 289 g/mol. The minimum Gasteiger partial charge on any atom is -0.377 e. The van der Waals surface area contributed by atoms with E-state index >= 15 is 0 Å². The first kappa shape index (κ1) is 15.9. The molecule has 0 bridgehead atoms. The molecule has 1 N–H and O–H groups in total. The minimum atomic E-state index is -0.404. The molecule has 0 saturated heterocycles. The molecule has 0 aliphatic rings. The molecule has 6 nitrogen and oxygen atoms in total. The SMILES string of the molecule is CCCCn1ncc(NCC(OC)OC)c(Cl)c1=O. The van der Waals surface area contributed by atoms with Crippen LogP contribution >= 0.6 is 11.6 Å². The van der Waals surface area contributed by atoms with Crippen molar-refractivity contribution in [2.24, 2.45) is 0 Å². The fraction of sp³-hybridized carbons (Fsp3) is 0.667. The van der Waals surface area contributed by atoms with Gasteiger partial charge in [-0.15, -0.1) is 0 Å². The Hall–Kier alpha value is -1.11. The number of anilines is 1. The average molecular weight is 290 g/mol. The van der Waals surface area contributed by atoms with Crippen molar-refractivity contribution in [2.75, 3.05) is 26.1 Å². The Kier molecular flexibility index (Phi) is 6.83. The number of rotatable bonds is 8. The second kappa shape index (κ2) is 8.14. The quantitative estimate of drug-likeness (QED) is 0.738. The van der Waals surface area contributed by atoms with Gasteiger partial charge in [0.1, 0.15) is 5.02 Å². The van der Waals surface area contributed by atoms with Crippen molar-refractivity contribution in [1.82, 2.24) is 9.78 Å². The maximum Gasteiger partial charge on any atom is 0.287 e. The second-order valence-electron chi connectivity index (χ2n) is 4.04. The van der Waals surface area contributed by atoms with Crippen molar-refractivity contribution in [2.45, 2.75) is 32.6 Å². The van der Waals surface area contributed by atoms with Gasteiger partial charge in [-0.2, -0.15) is 5.10 Å². The lowest BCUT2D eigenvalue weighted by Crippen LogP contribution is -2.27. The molecule has 1 aromatic rings. The topological polar surface area (TPSA) is 65.4 Å². The number of ether oxygens (including phenoxy) is 2. The summed E-state index contributed by atoms with van der Waals surface area (Å²) in [6.45, 7) is 3.01. The van der Waals surface area contributed by atoms with Gasteiger partial charge in [0, 0.05) is 20.8 Å². The molecule has 0 fully saturated rings. The van der Waals surface area contributed by atoms with Crippen LogP contribution in [0.1, 0.15) is 19.8 Å². The molecule has 1 rings (SSSR count). The van der Waals surface area contributed by atoms with Crippen LogP contribution in [0, 0.1) is 0 Å². The molecule has 0 radical (unpaired) electrons. The average Bonchev–Trinajstić information content (AvgIpc) is 2.43. The molecule has 0 atom stereocenters. The van der Waals surface area contributed by atoms with E-state index in [1.54, 1.807) is 20.4 Å². The Morgan fingerprint density at radius 1 is 1.47 bits per heavy atom. The maximum absolute atomic E-state index is 11.9. The van der Waals surface area contributed by atoms with Crippen LogP contribution in [0.15, 0.2) is 11.0 Å². The number of nitrogens with zero attached hydrogens (tertiary/aromatic N) is 2. The van der Waals surface area contributed by atoms with Gasteiger partial charge in [-0.25, -0.2) is 4.68 Å². The van der Waals surface area contributed by atoms with Gasteiger partial charge in [0.2, 0.25) is 0 Å². The Bertz CT molecular complexity index is 446.